The van der Waals surface area contributed by atoms with Gasteiger partial charge in [-0.15, -0.1) is 0 Å². The Hall–Kier alpha value is -1.85. The number of carbonyl (C=O) groups excluding carboxylic acids is 4. The second kappa shape index (κ2) is 20.2. The van der Waals surface area contributed by atoms with Gasteiger partial charge in [0.1, 0.15) is 0 Å². The molecule has 25 heavy (non-hydrogen) atoms. The molecule has 0 bridgehead atoms. The van der Waals surface area contributed by atoms with Crippen LogP contribution in [0.15, 0.2) is 0 Å². The van der Waals surface area contributed by atoms with E-state index in [0.29, 0.717) is 0 Å². The minimum absolute atomic E-state index is 0. The van der Waals surface area contributed by atoms with Crippen LogP contribution in [0.25, 0.3) is 0 Å². The van der Waals surface area contributed by atoms with Gasteiger partial charge >= 0.3 is 16.8 Å². The molecule has 0 aliphatic heterocycles. The number of rotatable bonds is 11. The van der Waals surface area contributed by atoms with E-state index in [1.54, 1.807) is 0 Å². The molecule has 0 rings (SSSR count). The molecule has 0 aliphatic rings. The summed E-state index contributed by atoms with van der Waals surface area (Å²) in [6.45, 7) is -3.25. The van der Waals surface area contributed by atoms with Gasteiger partial charge in [0.2, 0.25) is 0 Å². The molecule has 0 aromatic heterocycles. The zero-order chi connectivity index (χ0) is 19.7. The van der Waals surface area contributed by atoms with Crippen LogP contribution in [-0.4, -0.2) is 72.9 Å². The molecule has 14 nitrogen and oxygen atoms in total. The van der Waals surface area contributed by atoms with Gasteiger partial charge in [-0.3, -0.25) is 21.5 Å². The van der Waals surface area contributed by atoms with E-state index in [1.807, 2.05) is 0 Å². The van der Waals surface area contributed by atoms with Crippen molar-refractivity contribution in [1.29, 1.82) is 0 Å². The third-order valence-corrected chi connectivity index (χ3v) is 2.14. The number of aliphatic carboxylic acids is 4. The van der Waals surface area contributed by atoms with Gasteiger partial charge in [-0.25, -0.2) is 0 Å². The summed E-state index contributed by atoms with van der Waals surface area (Å²) in [6, 6.07) is 0. The van der Waals surface area contributed by atoms with Crippen LogP contribution in [0.3, 0.4) is 0 Å². The Morgan fingerprint density at radius 3 is 0.880 bits per heavy atom. The summed E-state index contributed by atoms with van der Waals surface area (Å²) >= 11 is 0. The summed E-state index contributed by atoms with van der Waals surface area (Å²) in [5.74, 6) is 7.88. The molecular weight excluding hydrogens is 391 g/mol. The van der Waals surface area contributed by atoms with E-state index in [-0.39, 0.29) is 29.9 Å². The van der Waals surface area contributed by atoms with Gasteiger partial charge in [-0.2, -0.15) is 11.7 Å². The number of hydrogen-bond acceptors (Lipinski definition) is 12. The van der Waals surface area contributed by atoms with Crippen LogP contribution >= 0.6 is 0 Å². The molecule has 0 saturated heterocycles. The third kappa shape index (κ3) is 24.5. The SMILES string of the molecule is N[NH3+].N[NH3+].O=C([O-])CN(CCN(CC(=O)[O-])CC(=O)[O-])CC(=O)[O-].[Co+2]. The standard InChI is InChI=1S/C10H16N2O8.Co.2H4N2/c13-7(14)3-11(4-8(15)16)1-2-12(5-9(17)18)6-10(19)20;;2*1-2/h1-6H2,(H,13,14)(H,15,16)(H,17,18)(H,19,20);;2*1-2H2/q;+2;;/p-2. The fourth-order valence-corrected chi connectivity index (χ4v) is 1.44. The molecule has 0 heterocycles. The maximum atomic E-state index is 10.4. The summed E-state index contributed by atoms with van der Waals surface area (Å²) in [5.41, 5.74) is 0. The van der Waals surface area contributed by atoms with Crippen LogP contribution in [0.2, 0.25) is 0 Å². The number of carboxylic acid groups (broad SMARTS) is 4. The van der Waals surface area contributed by atoms with Crippen molar-refractivity contribution in [2.45, 2.75) is 0 Å². The average Bonchev–Trinajstić information content (AvgIpc) is 2.46. The molecule has 10 N–H and O–H groups in total. The Morgan fingerprint density at radius 2 is 0.760 bits per heavy atom. The first-order valence-corrected chi connectivity index (χ1v) is 6.26. The first kappa shape index (κ1) is 31.0. The quantitative estimate of drug-likeness (QED) is 0.181. The fraction of sp³-hybridized carbons (Fsp3) is 0.600. The van der Waals surface area contributed by atoms with Gasteiger partial charge in [0.25, 0.3) is 0 Å². The van der Waals surface area contributed by atoms with Gasteiger partial charge in [0.15, 0.2) is 0 Å². The minimum Gasteiger partial charge on any atom is -0.549 e. The van der Waals surface area contributed by atoms with Gasteiger partial charge < -0.3 is 39.6 Å². The van der Waals surface area contributed by atoms with Gasteiger partial charge in [0.05, 0.1) is 23.9 Å². The molecule has 0 fully saturated rings. The summed E-state index contributed by atoms with van der Waals surface area (Å²) in [5, 5.41) is 41.6. The largest absolute Gasteiger partial charge is 2.00 e. The number of hydrogen-bond donors (Lipinski definition) is 4. The van der Waals surface area contributed by atoms with E-state index in [4.69, 9.17) is 0 Å². The Kier molecular flexibility index (Phi) is 25.0. The summed E-state index contributed by atoms with van der Waals surface area (Å²) in [4.78, 5) is 43.4. The molecule has 0 aromatic carbocycles. The van der Waals surface area contributed by atoms with Crippen molar-refractivity contribution < 1.29 is 68.1 Å². The van der Waals surface area contributed by atoms with Crippen molar-refractivity contribution in [3.63, 3.8) is 0 Å². The zero-order valence-electron chi connectivity index (χ0n) is 13.3. The van der Waals surface area contributed by atoms with Crippen LogP contribution < -0.4 is 43.8 Å². The van der Waals surface area contributed by atoms with Crippen molar-refractivity contribution in [3.05, 3.63) is 0 Å². The monoisotopic (exact) mass is 413 g/mol. The van der Waals surface area contributed by atoms with Crippen LogP contribution in [0.4, 0.5) is 0 Å². The molecule has 1 radical (unpaired) electrons. The Balaban J connectivity index is -0.000000408. The fourth-order valence-electron chi connectivity index (χ4n) is 1.44. The molecule has 0 aromatic rings. The number of quaternary nitrogens is 2. The molecule has 0 saturated carbocycles. The molecular formula is C10H22CoN6O8. The summed E-state index contributed by atoms with van der Waals surface area (Å²) in [6.07, 6.45) is 0. The first-order chi connectivity index (χ1) is 11.2. The van der Waals surface area contributed by atoms with Crippen molar-refractivity contribution in [3.8, 4) is 0 Å². The van der Waals surface area contributed by atoms with Gasteiger partial charge in [-0.1, -0.05) is 0 Å². The van der Waals surface area contributed by atoms with Crippen molar-refractivity contribution in [2.75, 3.05) is 39.3 Å². The summed E-state index contributed by atoms with van der Waals surface area (Å²) in [7, 11) is 0. The second-order valence-electron chi connectivity index (χ2n) is 3.91. The van der Waals surface area contributed by atoms with E-state index < -0.39 is 50.1 Å². The van der Waals surface area contributed by atoms with Crippen LogP contribution in [0, 0.1) is 0 Å². The normalized spacial score (nSPS) is 9.04. The summed E-state index contributed by atoms with van der Waals surface area (Å²) < 4.78 is 0. The average molecular weight is 413 g/mol. The van der Waals surface area contributed by atoms with E-state index in [1.165, 1.54) is 0 Å². The van der Waals surface area contributed by atoms with Crippen molar-refractivity contribution >= 4 is 23.9 Å². The van der Waals surface area contributed by atoms with E-state index in [9.17, 15) is 39.6 Å². The number of nitrogens with zero attached hydrogens (tertiary/aromatic N) is 2. The molecule has 0 aliphatic carbocycles. The maximum absolute atomic E-state index is 10.4. The van der Waals surface area contributed by atoms with Crippen LogP contribution in [-0.2, 0) is 36.0 Å². The topological polar surface area (TPSA) is 274 Å². The molecule has 149 valence electrons. The second-order valence-corrected chi connectivity index (χ2v) is 3.91. The molecule has 0 spiro atoms. The van der Waals surface area contributed by atoms with Crippen LogP contribution in [0.5, 0.6) is 0 Å². The Bertz CT molecular complexity index is 332. The van der Waals surface area contributed by atoms with Crippen LogP contribution in [0.1, 0.15) is 0 Å². The van der Waals surface area contributed by atoms with Crippen molar-refractivity contribution in [1.82, 2.24) is 9.80 Å². The van der Waals surface area contributed by atoms with Gasteiger partial charge in [-0.05, 0) is 0 Å². The third-order valence-electron chi connectivity index (χ3n) is 2.14. The smallest absolute Gasteiger partial charge is 0.549 e. The van der Waals surface area contributed by atoms with E-state index in [0.717, 1.165) is 9.80 Å². The first-order valence-electron chi connectivity index (χ1n) is 6.26. The van der Waals surface area contributed by atoms with E-state index in [2.05, 4.69) is 23.4 Å². The predicted molar refractivity (Wildman–Crippen MR) is 67.1 cm³/mol. The molecule has 0 unspecified atom stereocenters. The number of nitrogens with two attached hydrogens (primary N) is 2. The van der Waals surface area contributed by atoms with E-state index >= 15 is 0 Å². The van der Waals surface area contributed by atoms with Crippen molar-refractivity contribution in [2.24, 2.45) is 11.7 Å². The number of carbonyl (C=O) groups is 4. The predicted octanol–water partition coefficient (Wildman–Crippen LogP) is -11.2. The zero-order valence-corrected chi connectivity index (χ0v) is 14.3. The minimum atomic E-state index is -1.53. The maximum Gasteiger partial charge on any atom is 2.00 e. The molecule has 0 amide bonds. The number of carboxylic acids is 4. The Morgan fingerprint density at radius 1 is 0.600 bits per heavy atom. The van der Waals surface area contributed by atoms with Gasteiger partial charge in [0, 0.05) is 39.3 Å². The Labute approximate surface area is 153 Å². The molecule has 15 heteroatoms. The molecule has 0 atom stereocenters.